The van der Waals surface area contributed by atoms with Gasteiger partial charge in [0.25, 0.3) is 0 Å². The van der Waals surface area contributed by atoms with E-state index >= 15 is 0 Å². The third-order valence-electron chi connectivity index (χ3n) is 11.3. The van der Waals surface area contributed by atoms with Gasteiger partial charge in [-0.1, -0.05) is 0 Å². The first-order valence-electron chi connectivity index (χ1n) is 19.5. The summed E-state index contributed by atoms with van der Waals surface area (Å²) in [4.78, 5) is 15.1. The Balaban J connectivity index is 1.25. The predicted molar refractivity (Wildman–Crippen MR) is 259 cm³/mol. The number of methoxy groups -OCH3 is 4. The molecule has 0 atom stereocenters. The third kappa shape index (κ3) is 7.13. The Morgan fingerprint density at radius 2 is 0.533 bits per heavy atom. The highest BCUT2D eigenvalue weighted by atomic mass is 32.1. The average Bonchev–Trinajstić information content (AvgIpc) is 4.14. The zero-order chi connectivity index (χ0) is 40.8. The second-order valence-electron chi connectivity index (χ2n) is 14.8. The first-order chi connectivity index (χ1) is 29.4. The summed E-state index contributed by atoms with van der Waals surface area (Å²) in [5, 5.41) is 0. The van der Waals surface area contributed by atoms with Crippen molar-refractivity contribution >= 4 is 104 Å². The Labute approximate surface area is 374 Å². The molecule has 0 amide bonds. The SMILES string of the molecule is COc1cc(CC23c4ccc(s4)/C=C\c4ccc(s4)C(Cc4cc(OC)cc(OC)c4)(c4ccc(s4)/C=C\c4ccc2s4)c2ccc(s2)/C=C\c2ccc3s2)cc(OC)c1. The van der Waals surface area contributed by atoms with E-state index < -0.39 is 10.8 Å². The number of ether oxygens (including phenoxy) is 4. The van der Waals surface area contributed by atoms with Crippen molar-refractivity contribution in [2.75, 3.05) is 28.4 Å². The van der Waals surface area contributed by atoms with Crippen molar-refractivity contribution in [1.82, 2.24) is 0 Å². The molecule has 8 aromatic rings. The third-order valence-corrected chi connectivity index (χ3v) is 18.6. The van der Waals surface area contributed by atoms with Gasteiger partial charge in [0.2, 0.25) is 0 Å². The minimum atomic E-state index is -0.469. The molecular formula is C50H40O4S6. The molecule has 3 aliphatic heterocycles. The zero-order valence-corrected chi connectivity index (χ0v) is 38.3. The molecule has 14 bridgehead atoms. The van der Waals surface area contributed by atoms with Crippen LogP contribution in [0.4, 0.5) is 0 Å². The fourth-order valence-electron chi connectivity index (χ4n) is 8.32. The van der Waals surface area contributed by atoms with Gasteiger partial charge in [0.05, 0.1) is 39.3 Å². The topological polar surface area (TPSA) is 36.9 Å². The summed E-state index contributed by atoms with van der Waals surface area (Å²) in [6, 6.07) is 40.4. The predicted octanol–water partition coefficient (Wildman–Crippen LogP) is 14.4. The number of thiophene rings is 6. The van der Waals surface area contributed by atoms with Gasteiger partial charge in [-0.15, -0.1) is 68.0 Å². The molecule has 60 heavy (non-hydrogen) atoms. The fourth-order valence-corrected chi connectivity index (χ4v) is 15.5. The minimum absolute atomic E-state index is 0.469. The van der Waals surface area contributed by atoms with Crippen LogP contribution in [0, 0.1) is 0 Å². The van der Waals surface area contributed by atoms with Crippen LogP contribution in [0.15, 0.2) is 109 Å². The molecule has 11 rings (SSSR count). The van der Waals surface area contributed by atoms with Crippen LogP contribution in [0.5, 0.6) is 23.0 Å². The van der Waals surface area contributed by atoms with Gasteiger partial charge in [-0.05, 0) is 157 Å². The van der Waals surface area contributed by atoms with E-state index in [2.05, 4.69) is 134 Å². The van der Waals surface area contributed by atoms with E-state index in [-0.39, 0.29) is 0 Å². The van der Waals surface area contributed by atoms with Gasteiger partial charge in [-0.25, -0.2) is 0 Å². The Hall–Kier alpha value is -4.94. The number of benzene rings is 2. The number of rotatable bonds is 8. The molecule has 4 nitrogen and oxygen atoms in total. The maximum Gasteiger partial charge on any atom is 0.122 e. The van der Waals surface area contributed by atoms with Gasteiger partial charge < -0.3 is 18.9 Å². The highest BCUT2D eigenvalue weighted by molar-refractivity contribution is 7.18. The lowest BCUT2D eigenvalue weighted by Gasteiger charge is -2.32. The van der Waals surface area contributed by atoms with E-state index in [0.29, 0.717) is 0 Å². The van der Waals surface area contributed by atoms with Crippen LogP contribution < -0.4 is 18.9 Å². The highest BCUT2D eigenvalue weighted by Crippen LogP contribution is 2.53. The van der Waals surface area contributed by atoms with Crippen LogP contribution in [0.25, 0.3) is 36.5 Å². The first kappa shape index (κ1) is 39.2. The Morgan fingerprint density at radius 1 is 0.317 bits per heavy atom. The lowest BCUT2D eigenvalue weighted by molar-refractivity contribution is 0.392. The maximum absolute atomic E-state index is 5.81. The lowest BCUT2D eigenvalue weighted by Crippen LogP contribution is -2.29. The van der Waals surface area contributed by atoms with Gasteiger partial charge in [0, 0.05) is 70.7 Å². The minimum Gasteiger partial charge on any atom is -0.497 e. The second kappa shape index (κ2) is 16.2. The van der Waals surface area contributed by atoms with Gasteiger partial charge in [0.15, 0.2) is 0 Å². The van der Waals surface area contributed by atoms with Gasteiger partial charge in [0.1, 0.15) is 23.0 Å². The van der Waals surface area contributed by atoms with E-state index in [1.165, 1.54) is 58.5 Å². The lowest BCUT2D eigenvalue weighted by atomic mass is 9.77. The standard InChI is InChI=1S/C50H40O4S6/c1-51-33-23-31(24-34(27-33)52-2)29-49-43-17-11-37(55-43)5-8-40-14-20-46(58-40)50(30-32-25-35(53-3)28-36(26-32)54-4,47-21-15-41(59-47)9-6-38-12-18-44(49)56-38)48-22-16-42(60-48)10-7-39-13-19-45(49)57-39/h5-28H,29-30H2,1-4H3/b8-5-,9-6-,10-7-. The maximum atomic E-state index is 5.81. The Kier molecular flexibility index (Phi) is 10.6. The average molecular weight is 897 g/mol. The van der Waals surface area contributed by atoms with Crippen LogP contribution in [0.2, 0.25) is 0 Å². The molecule has 0 N–H and O–H groups in total. The normalized spacial score (nSPS) is 19.3. The van der Waals surface area contributed by atoms with Gasteiger partial charge >= 0.3 is 0 Å². The summed E-state index contributed by atoms with van der Waals surface area (Å²) >= 11 is 11.2. The van der Waals surface area contributed by atoms with E-state index in [0.717, 1.165) is 47.0 Å². The summed E-state index contributed by atoms with van der Waals surface area (Å²) < 4.78 is 23.2. The molecule has 0 saturated heterocycles. The molecule has 3 aliphatic rings. The van der Waals surface area contributed by atoms with Crippen LogP contribution in [0.1, 0.15) is 69.7 Å². The molecule has 0 spiro atoms. The monoisotopic (exact) mass is 896 g/mol. The molecule has 2 aromatic carbocycles. The summed E-state index contributed by atoms with van der Waals surface area (Å²) in [6.07, 6.45) is 15.2. The van der Waals surface area contributed by atoms with Crippen LogP contribution in [-0.2, 0) is 23.7 Å². The van der Waals surface area contributed by atoms with Crippen molar-refractivity contribution in [3.63, 3.8) is 0 Å². The van der Waals surface area contributed by atoms with Crippen LogP contribution >= 0.6 is 68.0 Å². The molecule has 9 heterocycles. The Bertz CT molecular complexity index is 2460. The summed E-state index contributed by atoms with van der Waals surface area (Å²) in [7, 11) is 6.89. The van der Waals surface area contributed by atoms with Gasteiger partial charge in [-0.3, -0.25) is 0 Å². The summed E-state index contributed by atoms with van der Waals surface area (Å²) in [5.41, 5.74) is 1.36. The smallest absolute Gasteiger partial charge is 0.122 e. The van der Waals surface area contributed by atoms with Crippen molar-refractivity contribution in [2.45, 2.75) is 23.7 Å². The molecule has 10 heteroatoms. The van der Waals surface area contributed by atoms with E-state index in [9.17, 15) is 0 Å². The van der Waals surface area contributed by atoms with Crippen molar-refractivity contribution < 1.29 is 18.9 Å². The van der Waals surface area contributed by atoms with E-state index in [1.807, 2.05) is 80.2 Å². The molecule has 0 saturated carbocycles. The molecule has 0 fully saturated rings. The number of hydrogen-bond donors (Lipinski definition) is 0. The molecule has 300 valence electrons. The fraction of sp³-hybridized carbons (Fsp3) is 0.160. The first-order valence-corrected chi connectivity index (χ1v) is 24.4. The quantitative estimate of drug-likeness (QED) is 0.152. The van der Waals surface area contributed by atoms with E-state index in [4.69, 9.17) is 18.9 Å². The summed E-state index contributed by atoms with van der Waals surface area (Å²) in [5.74, 6) is 3.14. The summed E-state index contributed by atoms with van der Waals surface area (Å²) in [6.45, 7) is 0. The molecule has 0 unspecified atom stereocenters. The largest absolute Gasteiger partial charge is 0.497 e. The van der Waals surface area contributed by atoms with Gasteiger partial charge in [-0.2, -0.15) is 0 Å². The molecule has 6 aromatic heterocycles. The zero-order valence-electron chi connectivity index (χ0n) is 33.4. The van der Waals surface area contributed by atoms with Crippen molar-refractivity contribution in [1.29, 1.82) is 0 Å². The number of hydrogen-bond acceptors (Lipinski definition) is 10. The molecular weight excluding hydrogens is 857 g/mol. The van der Waals surface area contributed by atoms with Crippen molar-refractivity contribution in [3.8, 4) is 23.0 Å². The van der Waals surface area contributed by atoms with Crippen LogP contribution in [0.3, 0.4) is 0 Å². The highest BCUT2D eigenvalue weighted by Gasteiger charge is 2.43. The van der Waals surface area contributed by atoms with Crippen LogP contribution in [-0.4, -0.2) is 28.4 Å². The van der Waals surface area contributed by atoms with Crippen molar-refractivity contribution in [2.24, 2.45) is 0 Å². The van der Waals surface area contributed by atoms with E-state index in [1.54, 1.807) is 28.4 Å². The molecule has 0 radical (unpaired) electrons. The van der Waals surface area contributed by atoms with Crippen molar-refractivity contribution in [3.05, 3.63) is 179 Å². The molecule has 0 aliphatic carbocycles. The second-order valence-corrected chi connectivity index (χ2v) is 21.5. The Morgan fingerprint density at radius 3 is 0.733 bits per heavy atom.